The molecule has 2 rings (SSSR count). The van der Waals surface area contributed by atoms with Gasteiger partial charge in [0, 0.05) is 18.5 Å². The number of nitrogens with zero attached hydrogens (tertiary/aromatic N) is 1. The van der Waals surface area contributed by atoms with Gasteiger partial charge in [0.1, 0.15) is 18.1 Å². The molecule has 0 N–H and O–H groups in total. The number of carbonyl (C=O) groups is 1. The normalized spacial score (nSPS) is 15.4. The molecule has 0 spiro atoms. The average molecular weight is 249 g/mol. The zero-order valence-electron chi connectivity index (χ0n) is 10.4. The highest BCUT2D eigenvalue weighted by atomic mass is 19.1. The molecule has 1 aliphatic carbocycles. The van der Waals surface area contributed by atoms with Gasteiger partial charge in [-0.15, -0.1) is 0 Å². The third-order valence-electron chi connectivity index (χ3n) is 3.10. The third kappa shape index (κ3) is 2.94. The fraction of sp³-hybridized carbons (Fsp3) is 0.429. The number of hydrogen-bond donors (Lipinski definition) is 0. The van der Waals surface area contributed by atoms with Crippen molar-refractivity contribution in [2.75, 3.05) is 6.61 Å². The van der Waals surface area contributed by atoms with E-state index in [0.717, 1.165) is 11.3 Å². The SMILES string of the molecule is CC/C(=C\F)COc1cnc2c(c1)CC(=O)CC2. The van der Waals surface area contributed by atoms with E-state index >= 15 is 0 Å². The molecule has 0 unspecified atom stereocenters. The molecule has 18 heavy (non-hydrogen) atoms. The molecule has 0 bridgehead atoms. The van der Waals surface area contributed by atoms with Gasteiger partial charge in [-0.3, -0.25) is 9.78 Å². The number of aromatic nitrogens is 1. The van der Waals surface area contributed by atoms with Crippen molar-refractivity contribution in [2.45, 2.75) is 32.6 Å². The van der Waals surface area contributed by atoms with Crippen LogP contribution in [-0.2, 0) is 17.6 Å². The average Bonchev–Trinajstić information content (AvgIpc) is 2.39. The van der Waals surface area contributed by atoms with E-state index in [1.165, 1.54) is 0 Å². The van der Waals surface area contributed by atoms with E-state index < -0.39 is 0 Å². The van der Waals surface area contributed by atoms with Gasteiger partial charge in [0.05, 0.1) is 12.5 Å². The highest BCUT2D eigenvalue weighted by molar-refractivity contribution is 5.83. The zero-order chi connectivity index (χ0) is 13.0. The van der Waals surface area contributed by atoms with Gasteiger partial charge in [0.25, 0.3) is 0 Å². The second-order valence-corrected chi connectivity index (χ2v) is 4.40. The molecular formula is C14H16FNO2. The Hall–Kier alpha value is -1.71. The van der Waals surface area contributed by atoms with Crippen LogP contribution < -0.4 is 4.74 Å². The number of pyridine rings is 1. The number of rotatable bonds is 4. The lowest BCUT2D eigenvalue weighted by Gasteiger charge is -2.15. The number of fused-ring (bicyclic) bond motifs is 1. The van der Waals surface area contributed by atoms with Crippen LogP contribution in [0.2, 0.25) is 0 Å². The Morgan fingerprint density at radius 2 is 2.39 bits per heavy atom. The Morgan fingerprint density at radius 1 is 1.56 bits per heavy atom. The summed E-state index contributed by atoms with van der Waals surface area (Å²) in [6, 6.07) is 1.84. The number of ketones is 1. The molecule has 0 atom stereocenters. The van der Waals surface area contributed by atoms with Crippen LogP contribution in [0, 0.1) is 0 Å². The van der Waals surface area contributed by atoms with Crippen molar-refractivity contribution in [3.8, 4) is 5.75 Å². The lowest BCUT2D eigenvalue weighted by Crippen LogP contribution is -2.15. The van der Waals surface area contributed by atoms with E-state index in [1.807, 2.05) is 13.0 Å². The summed E-state index contributed by atoms with van der Waals surface area (Å²) in [5.41, 5.74) is 2.51. The maximum atomic E-state index is 12.4. The molecule has 3 nitrogen and oxygen atoms in total. The van der Waals surface area contributed by atoms with Gasteiger partial charge in [0.2, 0.25) is 0 Å². The lowest BCUT2D eigenvalue weighted by molar-refractivity contribution is -0.118. The summed E-state index contributed by atoms with van der Waals surface area (Å²) in [7, 11) is 0. The van der Waals surface area contributed by atoms with Crippen molar-refractivity contribution in [3.63, 3.8) is 0 Å². The van der Waals surface area contributed by atoms with E-state index in [4.69, 9.17) is 4.74 Å². The van der Waals surface area contributed by atoms with E-state index in [2.05, 4.69) is 4.98 Å². The van der Waals surface area contributed by atoms with Gasteiger partial charge in [-0.1, -0.05) is 6.92 Å². The van der Waals surface area contributed by atoms with Crippen LogP contribution in [0.25, 0.3) is 0 Å². The molecule has 1 aliphatic rings. The highest BCUT2D eigenvalue weighted by Gasteiger charge is 2.17. The van der Waals surface area contributed by atoms with Crippen LogP contribution in [0.5, 0.6) is 5.75 Å². The first-order valence-electron chi connectivity index (χ1n) is 6.13. The summed E-state index contributed by atoms with van der Waals surface area (Å²) in [5, 5.41) is 0. The topological polar surface area (TPSA) is 39.2 Å². The number of aryl methyl sites for hydroxylation is 1. The van der Waals surface area contributed by atoms with E-state index in [-0.39, 0.29) is 12.4 Å². The number of carbonyl (C=O) groups excluding carboxylic acids is 1. The smallest absolute Gasteiger partial charge is 0.138 e. The van der Waals surface area contributed by atoms with Crippen molar-refractivity contribution >= 4 is 5.78 Å². The molecule has 0 radical (unpaired) electrons. The molecule has 0 saturated heterocycles. The standard InChI is InChI=1S/C14H16FNO2/c1-2-10(7-15)9-18-13-6-11-5-12(17)3-4-14(11)16-8-13/h6-8H,2-5,9H2,1H3/b10-7+. The minimum Gasteiger partial charge on any atom is -0.488 e. The predicted molar refractivity (Wildman–Crippen MR) is 66.2 cm³/mol. The van der Waals surface area contributed by atoms with Gasteiger partial charge in [-0.25, -0.2) is 4.39 Å². The molecule has 0 amide bonds. The molecule has 1 aromatic heterocycles. The molecule has 4 heteroatoms. The van der Waals surface area contributed by atoms with Crippen molar-refractivity contribution < 1.29 is 13.9 Å². The molecule has 0 aromatic carbocycles. The van der Waals surface area contributed by atoms with Crippen LogP contribution in [0.4, 0.5) is 4.39 Å². The Bertz CT molecular complexity index is 483. The first-order valence-corrected chi connectivity index (χ1v) is 6.13. The Labute approximate surface area is 106 Å². The summed E-state index contributed by atoms with van der Waals surface area (Å²) in [6.45, 7) is 2.10. The second kappa shape index (κ2) is 5.76. The van der Waals surface area contributed by atoms with Gasteiger partial charge >= 0.3 is 0 Å². The lowest BCUT2D eigenvalue weighted by atomic mass is 9.95. The Kier molecular flexibility index (Phi) is 4.07. The third-order valence-corrected chi connectivity index (χ3v) is 3.10. The summed E-state index contributed by atoms with van der Waals surface area (Å²) in [4.78, 5) is 15.7. The molecule has 0 fully saturated rings. The van der Waals surface area contributed by atoms with E-state index in [0.29, 0.717) is 43.3 Å². The van der Waals surface area contributed by atoms with Crippen molar-refractivity contribution in [1.82, 2.24) is 4.98 Å². The molecule has 0 saturated carbocycles. The molecule has 1 heterocycles. The predicted octanol–water partition coefficient (Wildman–Crippen LogP) is 2.78. The van der Waals surface area contributed by atoms with Crippen LogP contribution >= 0.6 is 0 Å². The maximum absolute atomic E-state index is 12.4. The molecule has 0 aliphatic heterocycles. The minimum absolute atomic E-state index is 0.224. The van der Waals surface area contributed by atoms with Crippen molar-refractivity contribution in [2.24, 2.45) is 0 Å². The zero-order valence-corrected chi connectivity index (χ0v) is 10.4. The summed E-state index contributed by atoms with van der Waals surface area (Å²) in [5.74, 6) is 0.829. The largest absolute Gasteiger partial charge is 0.488 e. The summed E-state index contributed by atoms with van der Waals surface area (Å²) >= 11 is 0. The number of halogens is 1. The van der Waals surface area contributed by atoms with Gasteiger partial charge < -0.3 is 4.74 Å². The Morgan fingerprint density at radius 3 is 3.11 bits per heavy atom. The quantitative estimate of drug-likeness (QED) is 0.823. The fourth-order valence-corrected chi connectivity index (χ4v) is 1.92. The molecule has 1 aromatic rings. The van der Waals surface area contributed by atoms with Crippen LogP contribution in [-0.4, -0.2) is 17.4 Å². The summed E-state index contributed by atoms with van der Waals surface area (Å²) in [6.07, 6.45) is 4.55. The van der Waals surface area contributed by atoms with Crippen molar-refractivity contribution in [3.05, 3.63) is 35.4 Å². The monoisotopic (exact) mass is 249 g/mol. The van der Waals surface area contributed by atoms with Crippen LogP contribution in [0.1, 0.15) is 31.0 Å². The number of Topliss-reactive ketones (excluding diaryl/α,β-unsaturated/α-hetero) is 1. The van der Waals surface area contributed by atoms with E-state index in [9.17, 15) is 9.18 Å². The first kappa shape index (κ1) is 12.7. The maximum Gasteiger partial charge on any atom is 0.138 e. The summed E-state index contributed by atoms with van der Waals surface area (Å²) < 4.78 is 17.9. The second-order valence-electron chi connectivity index (χ2n) is 4.40. The number of hydrogen-bond acceptors (Lipinski definition) is 3. The van der Waals surface area contributed by atoms with Crippen molar-refractivity contribution in [1.29, 1.82) is 0 Å². The van der Waals surface area contributed by atoms with Crippen LogP contribution in [0.3, 0.4) is 0 Å². The number of ether oxygens (including phenoxy) is 1. The van der Waals surface area contributed by atoms with Crippen LogP contribution in [0.15, 0.2) is 24.2 Å². The molecular weight excluding hydrogens is 233 g/mol. The van der Waals surface area contributed by atoms with Gasteiger partial charge in [-0.05, 0) is 30.0 Å². The Balaban J connectivity index is 2.07. The van der Waals surface area contributed by atoms with Gasteiger partial charge in [-0.2, -0.15) is 0 Å². The van der Waals surface area contributed by atoms with Gasteiger partial charge in [0.15, 0.2) is 0 Å². The van der Waals surface area contributed by atoms with E-state index in [1.54, 1.807) is 6.20 Å². The first-order chi connectivity index (χ1) is 8.72. The highest BCUT2D eigenvalue weighted by Crippen LogP contribution is 2.22. The molecule has 96 valence electrons. The minimum atomic E-state index is 0.224. The fourth-order valence-electron chi connectivity index (χ4n) is 1.92.